The van der Waals surface area contributed by atoms with Crippen molar-refractivity contribution in [2.45, 2.75) is 38.9 Å². The lowest BCUT2D eigenvalue weighted by Gasteiger charge is -2.32. The van der Waals surface area contributed by atoms with E-state index in [0.717, 1.165) is 56.9 Å². The van der Waals surface area contributed by atoms with Gasteiger partial charge in [0.25, 0.3) is 5.56 Å². The molecular formula is C26H37N7O3. The minimum atomic E-state index is -0.230. The lowest BCUT2D eigenvalue weighted by molar-refractivity contribution is 0.148. The second kappa shape index (κ2) is 11.7. The minimum Gasteiger partial charge on any atom is -0.496 e. The Bertz CT molecular complexity index is 1240. The normalized spacial score (nSPS) is 15.8. The lowest BCUT2D eigenvalue weighted by Crippen LogP contribution is -2.43. The van der Waals surface area contributed by atoms with Crippen molar-refractivity contribution >= 4 is 22.7 Å². The number of aromatic nitrogens is 3. The van der Waals surface area contributed by atoms with Crippen LogP contribution in [0, 0.1) is 0 Å². The van der Waals surface area contributed by atoms with Crippen molar-refractivity contribution in [2.24, 2.45) is 0 Å². The Morgan fingerprint density at radius 1 is 1.17 bits per heavy atom. The molecule has 0 bridgehead atoms. The van der Waals surface area contributed by atoms with Crippen molar-refractivity contribution < 1.29 is 9.84 Å². The average molecular weight is 496 g/mol. The Labute approximate surface area is 211 Å². The maximum Gasteiger partial charge on any atom is 0.264 e. The first-order valence-corrected chi connectivity index (χ1v) is 12.5. The number of methoxy groups -OCH3 is 1. The van der Waals surface area contributed by atoms with Crippen LogP contribution in [0.1, 0.15) is 30.9 Å². The monoisotopic (exact) mass is 495 g/mol. The molecular weight excluding hydrogens is 458 g/mol. The van der Waals surface area contributed by atoms with Crippen molar-refractivity contribution in [3.63, 3.8) is 0 Å². The Morgan fingerprint density at radius 2 is 1.94 bits per heavy atom. The third-order valence-corrected chi connectivity index (χ3v) is 6.73. The van der Waals surface area contributed by atoms with Gasteiger partial charge in [0.2, 0.25) is 5.95 Å². The summed E-state index contributed by atoms with van der Waals surface area (Å²) >= 11 is 0. The summed E-state index contributed by atoms with van der Waals surface area (Å²) in [6.07, 6.45) is 3.33. The maximum absolute atomic E-state index is 13.5. The fourth-order valence-corrected chi connectivity index (χ4v) is 4.64. The standard InChI is InChI=1S/C26H37N7O3/c1-4-5-20(17-34)28-24-23-21(29-26(27)30-24)8-9-33(25(23)35)16-19-7-6-18(14-22(19)36-3)15-32-12-10-31(2)11-13-32/h6-9,14,20,34H,4-5,10-13,15-17H2,1-3H3,(H3,27,28,29,30)/t20-/m0/s1. The van der Waals surface area contributed by atoms with E-state index in [-0.39, 0.29) is 24.2 Å². The number of fused-ring (bicyclic) bond motifs is 1. The van der Waals surface area contributed by atoms with E-state index in [0.29, 0.717) is 23.3 Å². The number of aliphatic hydroxyl groups excluding tert-OH is 1. The van der Waals surface area contributed by atoms with Crippen LogP contribution in [-0.2, 0) is 13.1 Å². The zero-order chi connectivity index (χ0) is 25.7. The average Bonchev–Trinajstić information content (AvgIpc) is 2.87. The van der Waals surface area contributed by atoms with Crippen LogP contribution in [0.2, 0.25) is 0 Å². The summed E-state index contributed by atoms with van der Waals surface area (Å²) in [6, 6.07) is 7.74. The van der Waals surface area contributed by atoms with Crippen molar-refractivity contribution in [3.8, 4) is 5.75 Å². The molecule has 1 fully saturated rings. The summed E-state index contributed by atoms with van der Waals surface area (Å²) in [5.41, 5.74) is 8.23. The number of nitrogens with zero attached hydrogens (tertiary/aromatic N) is 5. The number of ether oxygens (including phenoxy) is 1. The van der Waals surface area contributed by atoms with Gasteiger partial charge in [-0.2, -0.15) is 4.98 Å². The highest BCUT2D eigenvalue weighted by Crippen LogP contribution is 2.24. The van der Waals surface area contributed by atoms with Crippen LogP contribution in [0.3, 0.4) is 0 Å². The van der Waals surface area contributed by atoms with Gasteiger partial charge in [-0.3, -0.25) is 9.69 Å². The molecule has 2 aromatic heterocycles. The molecule has 1 aliphatic rings. The first-order chi connectivity index (χ1) is 17.4. The molecule has 3 aromatic rings. The van der Waals surface area contributed by atoms with Gasteiger partial charge >= 0.3 is 0 Å². The van der Waals surface area contributed by atoms with E-state index in [9.17, 15) is 9.90 Å². The first kappa shape index (κ1) is 25.9. The molecule has 10 heteroatoms. The van der Waals surface area contributed by atoms with Crippen LogP contribution in [0.15, 0.2) is 35.3 Å². The molecule has 4 rings (SSSR count). The highest BCUT2D eigenvalue weighted by atomic mass is 16.5. The molecule has 1 aromatic carbocycles. The van der Waals surface area contributed by atoms with Crippen molar-refractivity contribution in [1.29, 1.82) is 0 Å². The Kier molecular flexibility index (Phi) is 8.40. The highest BCUT2D eigenvalue weighted by molar-refractivity contribution is 5.89. The fourth-order valence-electron chi connectivity index (χ4n) is 4.64. The smallest absolute Gasteiger partial charge is 0.264 e. The third kappa shape index (κ3) is 5.95. The van der Waals surface area contributed by atoms with Crippen LogP contribution < -0.4 is 21.3 Å². The zero-order valence-electron chi connectivity index (χ0n) is 21.4. The van der Waals surface area contributed by atoms with E-state index in [1.165, 1.54) is 5.56 Å². The van der Waals surface area contributed by atoms with Gasteiger partial charge in [-0.15, -0.1) is 0 Å². The molecule has 0 radical (unpaired) electrons. The molecule has 0 spiro atoms. The van der Waals surface area contributed by atoms with Crippen molar-refractivity contribution in [1.82, 2.24) is 24.3 Å². The molecule has 0 amide bonds. The van der Waals surface area contributed by atoms with E-state index >= 15 is 0 Å². The van der Waals surface area contributed by atoms with Crippen LogP contribution >= 0.6 is 0 Å². The Hall–Kier alpha value is -3.21. The summed E-state index contributed by atoms with van der Waals surface area (Å²) < 4.78 is 7.33. The molecule has 10 nitrogen and oxygen atoms in total. The molecule has 1 atom stereocenters. The molecule has 0 aliphatic carbocycles. The number of pyridine rings is 1. The number of anilines is 2. The van der Waals surface area contributed by atoms with E-state index in [2.05, 4.69) is 44.3 Å². The van der Waals surface area contributed by atoms with Crippen LogP contribution in [0.4, 0.5) is 11.8 Å². The zero-order valence-corrected chi connectivity index (χ0v) is 21.4. The highest BCUT2D eigenvalue weighted by Gasteiger charge is 2.18. The topological polar surface area (TPSA) is 122 Å². The van der Waals surface area contributed by atoms with Gasteiger partial charge in [-0.25, -0.2) is 4.98 Å². The largest absolute Gasteiger partial charge is 0.496 e. The molecule has 4 N–H and O–H groups in total. The molecule has 1 aliphatic heterocycles. The van der Waals surface area contributed by atoms with Gasteiger partial charge in [-0.1, -0.05) is 25.5 Å². The predicted molar refractivity (Wildman–Crippen MR) is 142 cm³/mol. The van der Waals surface area contributed by atoms with E-state index in [4.69, 9.17) is 10.5 Å². The number of aliphatic hydroxyl groups is 1. The number of nitrogen functional groups attached to an aromatic ring is 1. The minimum absolute atomic E-state index is 0.0715. The lowest BCUT2D eigenvalue weighted by atomic mass is 10.1. The van der Waals surface area contributed by atoms with Gasteiger partial charge in [-0.05, 0) is 31.2 Å². The predicted octanol–water partition coefficient (Wildman–Crippen LogP) is 1.75. The van der Waals surface area contributed by atoms with E-state index in [1.807, 2.05) is 13.0 Å². The summed E-state index contributed by atoms with van der Waals surface area (Å²) in [4.78, 5) is 26.9. The summed E-state index contributed by atoms with van der Waals surface area (Å²) in [7, 11) is 3.81. The third-order valence-electron chi connectivity index (χ3n) is 6.73. The number of benzene rings is 1. The Balaban J connectivity index is 1.61. The van der Waals surface area contributed by atoms with Crippen LogP contribution in [0.5, 0.6) is 5.75 Å². The van der Waals surface area contributed by atoms with Crippen LogP contribution in [0.25, 0.3) is 10.9 Å². The van der Waals surface area contributed by atoms with Crippen molar-refractivity contribution in [3.05, 3.63) is 51.9 Å². The summed E-state index contributed by atoms with van der Waals surface area (Å²) in [5, 5.41) is 13.3. The van der Waals surface area contributed by atoms with E-state index in [1.54, 1.807) is 23.9 Å². The van der Waals surface area contributed by atoms with E-state index < -0.39 is 0 Å². The van der Waals surface area contributed by atoms with Gasteiger partial charge in [0.1, 0.15) is 17.0 Å². The SMILES string of the molecule is CCC[C@@H](CO)Nc1nc(N)nc2ccn(Cc3ccc(CN4CCN(C)CC4)cc3OC)c(=O)c12. The quantitative estimate of drug-likeness (QED) is 0.386. The number of likely N-dealkylation sites (N-methyl/N-ethyl adjacent to an activating group) is 1. The number of hydrogen-bond acceptors (Lipinski definition) is 9. The second-order valence-corrected chi connectivity index (χ2v) is 9.48. The molecule has 1 saturated heterocycles. The number of nitrogens with one attached hydrogen (secondary N) is 1. The first-order valence-electron chi connectivity index (χ1n) is 12.5. The maximum atomic E-state index is 13.5. The second-order valence-electron chi connectivity index (χ2n) is 9.48. The van der Waals surface area contributed by atoms with Gasteiger partial charge < -0.3 is 30.4 Å². The molecule has 36 heavy (non-hydrogen) atoms. The van der Waals surface area contributed by atoms with Crippen molar-refractivity contribution in [2.75, 3.05) is 58.0 Å². The fraction of sp³-hybridized carbons (Fsp3) is 0.500. The number of nitrogens with two attached hydrogens (primary N) is 1. The van der Waals surface area contributed by atoms with Crippen LogP contribution in [-0.4, -0.2) is 82.4 Å². The number of rotatable bonds is 10. The number of piperazine rings is 1. The molecule has 0 saturated carbocycles. The summed E-state index contributed by atoms with van der Waals surface area (Å²) in [5.74, 6) is 1.18. The summed E-state index contributed by atoms with van der Waals surface area (Å²) in [6.45, 7) is 7.42. The van der Waals surface area contributed by atoms with Gasteiger partial charge in [0, 0.05) is 44.5 Å². The Morgan fingerprint density at radius 3 is 2.64 bits per heavy atom. The molecule has 0 unspecified atom stereocenters. The van der Waals surface area contributed by atoms with Gasteiger partial charge in [0.15, 0.2) is 0 Å². The molecule has 194 valence electrons. The van der Waals surface area contributed by atoms with Gasteiger partial charge in [0.05, 0.1) is 31.8 Å². The molecule has 3 heterocycles. The number of hydrogen-bond donors (Lipinski definition) is 3.